The maximum atomic E-state index is 11.7. The second-order valence-electron chi connectivity index (χ2n) is 4.33. The van der Waals surface area contributed by atoms with Crippen LogP contribution in [0.1, 0.15) is 12.0 Å². The molecule has 0 bridgehead atoms. The summed E-state index contributed by atoms with van der Waals surface area (Å²) in [5, 5.41) is 0.671. The zero-order valence-electron chi connectivity index (χ0n) is 9.33. The van der Waals surface area contributed by atoms with E-state index in [1.807, 2.05) is 23.1 Å². The number of nitrogens with zero attached hydrogens (tertiary/aromatic N) is 1. The largest absolute Gasteiger partial charge is 0.338 e. The predicted molar refractivity (Wildman–Crippen MR) is 71.7 cm³/mol. The maximum Gasteiger partial charge on any atom is 0.223 e. The molecule has 1 aliphatic heterocycles. The highest BCUT2D eigenvalue weighted by Gasteiger charge is 2.28. The molecule has 1 aliphatic rings. The number of carbonyl (C=O) groups is 1. The highest BCUT2D eigenvalue weighted by molar-refractivity contribution is 9.10. The summed E-state index contributed by atoms with van der Waals surface area (Å²) in [5.41, 5.74) is 6.63. The van der Waals surface area contributed by atoms with Crippen molar-refractivity contribution in [2.75, 3.05) is 13.1 Å². The highest BCUT2D eigenvalue weighted by atomic mass is 79.9. The number of hydrogen-bond acceptors (Lipinski definition) is 2. The molecule has 0 saturated carbocycles. The van der Waals surface area contributed by atoms with E-state index in [9.17, 15) is 4.79 Å². The molecule has 2 N–H and O–H groups in total. The predicted octanol–water partition coefficient (Wildman–Crippen LogP) is 2.41. The van der Waals surface area contributed by atoms with E-state index >= 15 is 0 Å². The van der Waals surface area contributed by atoms with E-state index in [-0.39, 0.29) is 5.91 Å². The van der Waals surface area contributed by atoms with Crippen LogP contribution in [-0.2, 0) is 11.3 Å². The molecule has 1 aromatic carbocycles. The molecule has 92 valence electrons. The first-order valence-electron chi connectivity index (χ1n) is 5.52. The number of halogens is 2. The first kappa shape index (κ1) is 12.9. The van der Waals surface area contributed by atoms with Gasteiger partial charge in [-0.3, -0.25) is 4.79 Å². The molecular weight excluding hydrogens is 304 g/mol. The lowest BCUT2D eigenvalue weighted by atomic mass is 10.1. The van der Waals surface area contributed by atoms with Gasteiger partial charge in [-0.15, -0.1) is 0 Å². The number of carbonyl (C=O) groups excluding carboxylic acids is 1. The summed E-state index contributed by atoms with van der Waals surface area (Å²) >= 11 is 9.37. The average molecular weight is 318 g/mol. The third-order valence-electron chi connectivity index (χ3n) is 2.99. The molecule has 1 amide bonds. The van der Waals surface area contributed by atoms with Gasteiger partial charge in [0.2, 0.25) is 5.91 Å². The lowest BCUT2D eigenvalue weighted by molar-refractivity contribution is -0.128. The van der Waals surface area contributed by atoms with E-state index < -0.39 is 0 Å². The van der Waals surface area contributed by atoms with Crippen molar-refractivity contribution in [3.05, 3.63) is 33.3 Å². The van der Waals surface area contributed by atoms with Gasteiger partial charge < -0.3 is 10.6 Å². The molecule has 1 fully saturated rings. The van der Waals surface area contributed by atoms with E-state index in [1.54, 1.807) is 0 Å². The van der Waals surface area contributed by atoms with Gasteiger partial charge in [0.25, 0.3) is 0 Å². The average Bonchev–Trinajstić information content (AvgIpc) is 2.65. The molecule has 1 saturated heterocycles. The van der Waals surface area contributed by atoms with Crippen LogP contribution in [0.4, 0.5) is 0 Å². The zero-order valence-corrected chi connectivity index (χ0v) is 11.7. The minimum absolute atomic E-state index is 0.180. The molecule has 0 radical (unpaired) electrons. The van der Waals surface area contributed by atoms with Gasteiger partial charge >= 0.3 is 0 Å². The van der Waals surface area contributed by atoms with Crippen LogP contribution in [-0.4, -0.2) is 23.9 Å². The fourth-order valence-electron chi connectivity index (χ4n) is 2.02. The normalized spacial score (nSPS) is 20.1. The molecule has 1 unspecified atom stereocenters. The summed E-state index contributed by atoms with van der Waals surface area (Å²) < 4.78 is 0.871. The summed E-state index contributed by atoms with van der Waals surface area (Å²) in [6, 6.07) is 5.76. The van der Waals surface area contributed by atoms with Gasteiger partial charge in [-0.1, -0.05) is 17.7 Å². The van der Waals surface area contributed by atoms with Crippen LogP contribution in [0.3, 0.4) is 0 Å². The summed E-state index contributed by atoms with van der Waals surface area (Å²) in [6.07, 6.45) is 0.570. The molecule has 17 heavy (non-hydrogen) atoms. The van der Waals surface area contributed by atoms with Gasteiger partial charge in [0, 0.05) is 24.0 Å². The number of benzene rings is 1. The smallest absolute Gasteiger partial charge is 0.223 e. The van der Waals surface area contributed by atoms with Crippen molar-refractivity contribution in [2.45, 2.75) is 13.0 Å². The molecule has 0 aromatic heterocycles. The Morgan fingerprint density at radius 3 is 2.88 bits per heavy atom. The quantitative estimate of drug-likeness (QED) is 0.930. The monoisotopic (exact) mass is 316 g/mol. The van der Waals surface area contributed by atoms with Gasteiger partial charge in [0.1, 0.15) is 0 Å². The van der Waals surface area contributed by atoms with Crippen LogP contribution in [0, 0.1) is 5.92 Å². The van der Waals surface area contributed by atoms with Gasteiger partial charge in [-0.05, 0) is 46.1 Å². The van der Waals surface area contributed by atoms with Crippen LogP contribution in [0.5, 0.6) is 0 Å². The van der Waals surface area contributed by atoms with Gasteiger partial charge in [0.05, 0.1) is 5.02 Å². The summed E-state index contributed by atoms with van der Waals surface area (Å²) in [4.78, 5) is 13.6. The van der Waals surface area contributed by atoms with Gasteiger partial charge in [-0.25, -0.2) is 0 Å². The minimum atomic E-state index is 0.180. The molecular formula is C12H14BrClN2O. The highest BCUT2D eigenvalue weighted by Crippen LogP contribution is 2.25. The van der Waals surface area contributed by atoms with Crippen LogP contribution in [0.15, 0.2) is 22.7 Å². The van der Waals surface area contributed by atoms with Crippen LogP contribution in [0.2, 0.25) is 5.02 Å². The van der Waals surface area contributed by atoms with Gasteiger partial charge in [-0.2, -0.15) is 0 Å². The topological polar surface area (TPSA) is 46.3 Å². The van der Waals surface area contributed by atoms with E-state index in [1.165, 1.54) is 0 Å². The molecule has 3 nitrogen and oxygen atoms in total. The van der Waals surface area contributed by atoms with Crippen molar-refractivity contribution in [2.24, 2.45) is 11.7 Å². The Hall–Kier alpha value is -0.580. The van der Waals surface area contributed by atoms with E-state index in [2.05, 4.69) is 15.9 Å². The van der Waals surface area contributed by atoms with Crippen molar-refractivity contribution in [3.63, 3.8) is 0 Å². The molecule has 0 spiro atoms. The van der Waals surface area contributed by atoms with Crippen LogP contribution >= 0.6 is 27.5 Å². The molecule has 1 heterocycles. The second-order valence-corrected chi connectivity index (χ2v) is 5.59. The molecule has 1 atom stereocenters. The molecule has 2 rings (SSSR count). The van der Waals surface area contributed by atoms with Crippen LogP contribution < -0.4 is 5.73 Å². The SMILES string of the molecule is NCC1CC(=O)N(Cc2ccc(Br)c(Cl)c2)C1. The summed E-state index contributed by atoms with van der Waals surface area (Å²) in [6.45, 7) is 1.94. The number of hydrogen-bond donors (Lipinski definition) is 1. The van der Waals surface area contributed by atoms with Crippen molar-refractivity contribution >= 4 is 33.4 Å². The minimum Gasteiger partial charge on any atom is -0.338 e. The number of amides is 1. The summed E-state index contributed by atoms with van der Waals surface area (Å²) in [5.74, 6) is 0.480. The van der Waals surface area contributed by atoms with E-state index in [4.69, 9.17) is 17.3 Å². The fraction of sp³-hybridized carbons (Fsp3) is 0.417. The van der Waals surface area contributed by atoms with Crippen molar-refractivity contribution in [3.8, 4) is 0 Å². The molecule has 1 aromatic rings. The first-order valence-corrected chi connectivity index (χ1v) is 6.69. The first-order chi connectivity index (χ1) is 8.10. The Morgan fingerprint density at radius 1 is 1.53 bits per heavy atom. The lowest BCUT2D eigenvalue weighted by Gasteiger charge is -2.16. The van der Waals surface area contributed by atoms with E-state index in [0.717, 1.165) is 16.6 Å². The number of rotatable bonds is 3. The third-order valence-corrected chi connectivity index (χ3v) is 4.22. The Morgan fingerprint density at radius 2 is 2.29 bits per heavy atom. The van der Waals surface area contributed by atoms with Crippen LogP contribution in [0.25, 0.3) is 0 Å². The fourth-order valence-corrected chi connectivity index (χ4v) is 2.47. The third kappa shape index (κ3) is 3.00. The number of likely N-dealkylation sites (tertiary alicyclic amines) is 1. The Bertz CT molecular complexity index is 439. The second kappa shape index (κ2) is 5.38. The Kier molecular flexibility index (Phi) is 4.07. The van der Waals surface area contributed by atoms with Crippen molar-refractivity contribution < 1.29 is 4.79 Å². The standard InChI is InChI=1S/C12H14BrClN2O/c13-10-2-1-8(3-11(10)14)6-16-7-9(5-15)4-12(16)17/h1-3,9H,4-7,15H2. The number of nitrogens with two attached hydrogens (primary N) is 1. The lowest BCUT2D eigenvalue weighted by Crippen LogP contribution is -2.25. The van der Waals surface area contributed by atoms with Crippen molar-refractivity contribution in [1.29, 1.82) is 0 Å². The van der Waals surface area contributed by atoms with Crippen molar-refractivity contribution in [1.82, 2.24) is 4.90 Å². The molecule has 0 aliphatic carbocycles. The Labute approximate surface area is 114 Å². The maximum absolute atomic E-state index is 11.7. The van der Waals surface area contributed by atoms with E-state index in [0.29, 0.717) is 30.5 Å². The summed E-state index contributed by atoms with van der Waals surface area (Å²) in [7, 11) is 0. The Balaban J connectivity index is 2.06. The zero-order chi connectivity index (χ0) is 12.4. The van der Waals surface area contributed by atoms with Gasteiger partial charge in [0.15, 0.2) is 0 Å². The molecule has 5 heteroatoms.